The molecule has 1 fully saturated rings. The molecule has 1 saturated heterocycles. The molecule has 0 radical (unpaired) electrons. The minimum Gasteiger partial charge on any atom is -0.507 e. The van der Waals surface area contributed by atoms with Crippen molar-refractivity contribution in [2.75, 3.05) is 25.2 Å². The Morgan fingerprint density at radius 3 is 2.57 bits per heavy atom. The Bertz CT molecular complexity index is 1600. The van der Waals surface area contributed by atoms with Crippen molar-refractivity contribution >= 4 is 44.1 Å². The summed E-state index contributed by atoms with van der Waals surface area (Å²) in [5.74, 6) is -1.02. The van der Waals surface area contributed by atoms with Crippen LogP contribution in [-0.2, 0) is 9.59 Å². The summed E-state index contributed by atoms with van der Waals surface area (Å²) in [7, 11) is 1.55. The number of nitrogens with zero attached hydrogens (tertiary/aromatic N) is 2. The highest BCUT2D eigenvalue weighted by Gasteiger charge is 2.48. The van der Waals surface area contributed by atoms with E-state index in [1.54, 1.807) is 43.5 Å². The van der Waals surface area contributed by atoms with E-state index >= 15 is 0 Å². The van der Waals surface area contributed by atoms with Crippen LogP contribution in [-0.4, -0.2) is 42.1 Å². The normalized spacial score (nSPS) is 18.4. The lowest BCUT2D eigenvalue weighted by Crippen LogP contribution is -2.29. The summed E-state index contributed by atoms with van der Waals surface area (Å²) in [4.78, 5) is 32.6. The van der Waals surface area contributed by atoms with E-state index in [1.807, 2.05) is 0 Å². The molecule has 0 unspecified atom stereocenters. The van der Waals surface area contributed by atoms with E-state index in [1.165, 1.54) is 40.5 Å². The van der Waals surface area contributed by atoms with Gasteiger partial charge in [-0.25, -0.2) is 9.37 Å². The van der Waals surface area contributed by atoms with Crippen molar-refractivity contribution in [3.8, 4) is 17.2 Å². The number of anilines is 1. The Morgan fingerprint density at radius 2 is 1.81 bits per heavy atom. The number of fused-ring (bicyclic) bond motifs is 2. The van der Waals surface area contributed by atoms with Gasteiger partial charge in [0.25, 0.3) is 5.78 Å². The minimum atomic E-state index is -1.03. The molecule has 1 atom stereocenters. The number of carbonyl (C=O) groups is 2. The van der Waals surface area contributed by atoms with Crippen molar-refractivity contribution in [3.05, 3.63) is 83.2 Å². The van der Waals surface area contributed by atoms with Gasteiger partial charge in [0.1, 0.15) is 30.5 Å². The van der Waals surface area contributed by atoms with Crippen LogP contribution in [0.5, 0.6) is 17.2 Å². The first-order chi connectivity index (χ1) is 17.9. The minimum absolute atomic E-state index is 0.134. The first-order valence-corrected chi connectivity index (χ1v) is 12.2. The van der Waals surface area contributed by atoms with E-state index in [2.05, 4.69) is 4.98 Å². The molecule has 37 heavy (non-hydrogen) atoms. The number of Topliss-reactive ketones (excluding diaryl/α,β-unsaturated/α-hetero) is 1. The second kappa shape index (κ2) is 8.90. The monoisotopic (exact) mass is 518 g/mol. The van der Waals surface area contributed by atoms with E-state index in [0.29, 0.717) is 41.5 Å². The molecule has 0 bridgehead atoms. The van der Waals surface area contributed by atoms with E-state index in [9.17, 15) is 19.1 Å². The molecular weight excluding hydrogens is 499 g/mol. The van der Waals surface area contributed by atoms with Crippen LogP contribution in [0.25, 0.3) is 16.0 Å². The number of aliphatic hydroxyl groups excluding tert-OH is 1. The molecule has 0 saturated carbocycles. The van der Waals surface area contributed by atoms with Crippen LogP contribution in [0.2, 0.25) is 0 Å². The maximum atomic E-state index is 13.8. The third-order valence-corrected chi connectivity index (χ3v) is 7.25. The number of amides is 1. The lowest BCUT2D eigenvalue weighted by molar-refractivity contribution is -0.132. The molecule has 10 heteroatoms. The summed E-state index contributed by atoms with van der Waals surface area (Å²) in [5, 5.41) is 11.6. The number of ether oxygens (including phenoxy) is 3. The Balaban J connectivity index is 1.52. The van der Waals surface area contributed by atoms with E-state index in [4.69, 9.17) is 14.2 Å². The maximum absolute atomic E-state index is 13.8. The highest BCUT2D eigenvalue weighted by molar-refractivity contribution is 7.22. The molecule has 2 aliphatic rings. The van der Waals surface area contributed by atoms with Crippen molar-refractivity contribution in [1.29, 1.82) is 0 Å². The molecule has 1 amide bonds. The summed E-state index contributed by atoms with van der Waals surface area (Å²) in [5.41, 5.74) is 1.21. The standard InChI is InChI=1S/C27H19FN2O6S/c1-34-17-7-8-18-21(13-17)37-27(29-18)30-23(14-2-5-16(28)6-3-14)22(25(32)26(30)33)24(31)15-4-9-19-20(12-15)36-11-10-35-19/h2-9,12-13,23,31H,10-11H2,1H3/t23-/m1/s1. The molecule has 4 aromatic rings. The van der Waals surface area contributed by atoms with Gasteiger partial charge in [0.15, 0.2) is 16.6 Å². The number of carbonyl (C=O) groups excluding carboxylic acids is 2. The highest BCUT2D eigenvalue weighted by Crippen LogP contribution is 2.45. The van der Waals surface area contributed by atoms with Gasteiger partial charge in [0.2, 0.25) is 0 Å². The average Bonchev–Trinajstić information content (AvgIpc) is 3.46. The van der Waals surface area contributed by atoms with E-state index < -0.39 is 23.5 Å². The van der Waals surface area contributed by atoms with Crippen molar-refractivity contribution < 1.29 is 33.3 Å². The fourth-order valence-electron chi connectivity index (χ4n) is 4.46. The zero-order chi connectivity index (χ0) is 25.7. The van der Waals surface area contributed by atoms with Crippen LogP contribution in [0.1, 0.15) is 17.2 Å². The van der Waals surface area contributed by atoms with Crippen molar-refractivity contribution in [1.82, 2.24) is 4.98 Å². The molecule has 1 aromatic heterocycles. The number of thiazole rings is 1. The summed E-state index contributed by atoms with van der Waals surface area (Å²) in [6, 6.07) is 14.5. The molecule has 1 N–H and O–H groups in total. The van der Waals surface area contributed by atoms with Gasteiger partial charge in [-0.2, -0.15) is 0 Å². The largest absolute Gasteiger partial charge is 0.507 e. The predicted octanol–water partition coefficient (Wildman–Crippen LogP) is 4.84. The topological polar surface area (TPSA) is 98.2 Å². The van der Waals surface area contributed by atoms with Gasteiger partial charge in [-0.1, -0.05) is 23.5 Å². The Labute approximate surface area is 214 Å². The molecular formula is C27H19FN2O6S. The van der Waals surface area contributed by atoms with Crippen LogP contribution in [0.3, 0.4) is 0 Å². The Hall–Kier alpha value is -4.44. The lowest BCUT2D eigenvalue weighted by Gasteiger charge is -2.23. The number of halogens is 1. The number of aliphatic hydroxyl groups is 1. The predicted molar refractivity (Wildman–Crippen MR) is 135 cm³/mol. The third kappa shape index (κ3) is 3.86. The number of aromatic nitrogens is 1. The van der Waals surface area contributed by atoms with Crippen LogP contribution < -0.4 is 19.1 Å². The van der Waals surface area contributed by atoms with Gasteiger partial charge < -0.3 is 19.3 Å². The average molecular weight is 519 g/mol. The van der Waals surface area contributed by atoms with Crippen LogP contribution in [0.15, 0.2) is 66.2 Å². The smallest absolute Gasteiger partial charge is 0.301 e. The van der Waals surface area contributed by atoms with Crippen LogP contribution >= 0.6 is 11.3 Å². The summed E-state index contributed by atoms with van der Waals surface area (Å²) in [6.07, 6.45) is 0. The second-order valence-corrected chi connectivity index (χ2v) is 9.42. The number of benzene rings is 3. The molecule has 0 aliphatic carbocycles. The van der Waals surface area contributed by atoms with Gasteiger partial charge in [-0.3, -0.25) is 14.5 Å². The molecule has 6 rings (SSSR count). The first kappa shape index (κ1) is 23.0. The number of hydrogen-bond acceptors (Lipinski definition) is 8. The third-order valence-electron chi connectivity index (χ3n) is 6.24. The molecule has 0 spiro atoms. The fraction of sp³-hybridized carbons (Fsp3) is 0.148. The van der Waals surface area contributed by atoms with Crippen molar-refractivity contribution in [2.45, 2.75) is 6.04 Å². The first-order valence-electron chi connectivity index (χ1n) is 11.4. The molecule has 3 aromatic carbocycles. The van der Waals surface area contributed by atoms with Gasteiger partial charge in [0.05, 0.1) is 28.9 Å². The highest BCUT2D eigenvalue weighted by atomic mass is 32.1. The molecule has 8 nitrogen and oxygen atoms in total. The zero-order valence-corrected chi connectivity index (χ0v) is 20.3. The van der Waals surface area contributed by atoms with E-state index in [0.717, 1.165) is 4.70 Å². The number of methoxy groups -OCH3 is 1. The summed E-state index contributed by atoms with van der Waals surface area (Å²) < 4.78 is 31.0. The van der Waals surface area contributed by atoms with Gasteiger partial charge in [0, 0.05) is 5.56 Å². The summed E-state index contributed by atoms with van der Waals surface area (Å²) >= 11 is 1.21. The van der Waals surface area contributed by atoms with Crippen LogP contribution in [0, 0.1) is 5.82 Å². The quantitative estimate of drug-likeness (QED) is 0.235. The SMILES string of the molecule is COc1ccc2nc(N3C(=O)C(=O)C(=C(O)c4ccc5c(c4)OCCO5)[C@H]3c3ccc(F)cc3)sc2c1. The molecule has 2 aliphatic heterocycles. The Morgan fingerprint density at radius 1 is 1.05 bits per heavy atom. The zero-order valence-electron chi connectivity index (χ0n) is 19.4. The maximum Gasteiger partial charge on any atom is 0.301 e. The number of rotatable bonds is 4. The second-order valence-electron chi connectivity index (χ2n) is 8.41. The lowest BCUT2D eigenvalue weighted by atomic mass is 9.95. The van der Waals surface area contributed by atoms with Gasteiger partial charge in [-0.05, 0) is 54.1 Å². The van der Waals surface area contributed by atoms with Crippen LogP contribution in [0.4, 0.5) is 9.52 Å². The molecule has 186 valence electrons. The van der Waals surface area contributed by atoms with Gasteiger partial charge in [-0.15, -0.1) is 0 Å². The van der Waals surface area contributed by atoms with Gasteiger partial charge >= 0.3 is 5.91 Å². The Kier molecular flexibility index (Phi) is 5.53. The van der Waals surface area contributed by atoms with Crippen molar-refractivity contribution in [3.63, 3.8) is 0 Å². The van der Waals surface area contributed by atoms with Crippen molar-refractivity contribution in [2.24, 2.45) is 0 Å². The number of ketones is 1. The van der Waals surface area contributed by atoms with E-state index in [-0.39, 0.29) is 22.0 Å². The fourth-order valence-corrected chi connectivity index (χ4v) is 5.48. The molecule has 3 heterocycles. The number of hydrogen-bond donors (Lipinski definition) is 1. The summed E-state index contributed by atoms with van der Waals surface area (Å²) in [6.45, 7) is 0.752.